The van der Waals surface area contributed by atoms with Crippen molar-refractivity contribution in [2.45, 2.75) is 33.1 Å². The van der Waals surface area contributed by atoms with Gasteiger partial charge in [0, 0.05) is 18.6 Å². The zero-order chi connectivity index (χ0) is 13.1. The summed E-state index contributed by atoms with van der Waals surface area (Å²) in [7, 11) is 0. The van der Waals surface area contributed by atoms with E-state index in [2.05, 4.69) is 14.9 Å². The molecule has 1 aromatic rings. The van der Waals surface area contributed by atoms with Crippen LogP contribution in [0.2, 0.25) is 0 Å². The zero-order valence-electron chi connectivity index (χ0n) is 10.6. The molecular weight excluding hydrogens is 238 g/mol. The van der Waals surface area contributed by atoms with Crippen molar-refractivity contribution < 1.29 is 9.90 Å². The number of aliphatic hydroxyl groups excluding tert-OH is 1. The van der Waals surface area contributed by atoms with Crippen LogP contribution in [0.25, 0.3) is 0 Å². The van der Waals surface area contributed by atoms with E-state index in [0.29, 0.717) is 11.4 Å². The molecule has 0 bridgehead atoms. The Labute approximate surface area is 105 Å². The molecule has 96 valence electrons. The Hall–Kier alpha value is -1.01. The predicted octanol–water partition coefficient (Wildman–Crippen LogP) is 1.19. The molecule has 17 heavy (non-hydrogen) atoms. The van der Waals surface area contributed by atoms with Gasteiger partial charge in [0.25, 0.3) is 5.91 Å². The van der Waals surface area contributed by atoms with Gasteiger partial charge in [0.05, 0.1) is 5.69 Å². The van der Waals surface area contributed by atoms with E-state index in [1.807, 2.05) is 27.7 Å². The molecule has 5 nitrogen and oxygen atoms in total. The van der Waals surface area contributed by atoms with Crippen LogP contribution >= 0.6 is 11.5 Å². The van der Waals surface area contributed by atoms with Gasteiger partial charge in [-0.05, 0) is 17.5 Å². The SMILES string of the molecule is CC(CO)CNC(=O)c1snnc1C(C)(C)C. The number of rotatable bonds is 4. The van der Waals surface area contributed by atoms with Gasteiger partial charge in [-0.15, -0.1) is 5.10 Å². The summed E-state index contributed by atoms with van der Waals surface area (Å²) in [5.74, 6) is -0.108. The van der Waals surface area contributed by atoms with Crippen molar-refractivity contribution in [3.63, 3.8) is 0 Å². The van der Waals surface area contributed by atoms with E-state index in [9.17, 15) is 4.79 Å². The monoisotopic (exact) mass is 257 g/mol. The van der Waals surface area contributed by atoms with Crippen molar-refractivity contribution in [1.82, 2.24) is 14.9 Å². The summed E-state index contributed by atoms with van der Waals surface area (Å²) in [6.45, 7) is 8.38. The van der Waals surface area contributed by atoms with Crippen LogP contribution in [0, 0.1) is 5.92 Å². The Kier molecular flexibility index (Phi) is 4.59. The number of nitrogens with one attached hydrogen (secondary N) is 1. The van der Waals surface area contributed by atoms with E-state index < -0.39 is 0 Å². The van der Waals surface area contributed by atoms with Crippen LogP contribution in [0.4, 0.5) is 0 Å². The summed E-state index contributed by atoms with van der Waals surface area (Å²) in [5, 5.41) is 15.7. The summed E-state index contributed by atoms with van der Waals surface area (Å²) in [6, 6.07) is 0. The molecule has 1 heterocycles. The van der Waals surface area contributed by atoms with Crippen LogP contribution in [-0.2, 0) is 5.41 Å². The first-order valence-corrected chi connectivity index (χ1v) is 6.35. The molecule has 0 aliphatic rings. The lowest BCUT2D eigenvalue weighted by molar-refractivity contribution is 0.0944. The fourth-order valence-electron chi connectivity index (χ4n) is 1.24. The van der Waals surface area contributed by atoms with E-state index in [-0.39, 0.29) is 23.8 Å². The Morgan fingerprint density at radius 3 is 2.71 bits per heavy atom. The molecule has 0 spiro atoms. The first-order chi connectivity index (χ1) is 7.86. The Balaban J connectivity index is 2.73. The lowest BCUT2D eigenvalue weighted by Gasteiger charge is -2.16. The van der Waals surface area contributed by atoms with Crippen molar-refractivity contribution in [3.8, 4) is 0 Å². The van der Waals surface area contributed by atoms with Gasteiger partial charge < -0.3 is 10.4 Å². The first kappa shape index (κ1) is 14.1. The van der Waals surface area contributed by atoms with Crippen molar-refractivity contribution in [3.05, 3.63) is 10.6 Å². The second-order valence-corrected chi connectivity index (χ2v) is 5.95. The van der Waals surface area contributed by atoms with Gasteiger partial charge in [0.15, 0.2) is 0 Å². The summed E-state index contributed by atoms with van der Waals surface area (Å²) in [5.41, 5.74) is 0.527. The summed E-state index contributed by atoms with van der Waals surface area (Å²) >= 11 is 1.11. The number of aromatic nitrogens is 2. The molecule has 1 rings (SSSR count). The maximum Gasteiger partial charge on any atom is 0.264 e. The van der Waals surface area contributed by atoms with Gasteiger partial charge in [-0.3, -0.25) is 4.79 Å². The van der Waals surface area contributed by atoms with Crippen LogP contribution in [0.1, 0.15) is 43.1 Å². The highest BCUT2D eigenvalue weighted by Gasteiger charge is 2.26. The van der Waals surface area contributed by atoms with E-state index in [1.165, 1.54) is 0 Å². The van der Waals surface area contributed by atoms with Gasteiger partial charge in [0.2, 0.25) is 0 Å². The minimum atomic E-state index is -0.192. The Morgan fingerprint density at radius 1 is 1.53 bits per heavy atom. The molecule has 0 saturated carbocycles. The highest BCUT2D eigenvalue weighted by molar-refractivity contribution is 7.08. The highest BCUT2D eigenvalue weighted by atomic mass is 32.1. The zero-order valence-corrected chi connectivity index (χ0v) is 11.5. The number of hydrogen-bond donors (Lipinski definition) is 2. The molecule has 0 saturated heterocycles. The molecule has 2 N–H and O–H groups in total. The smallest absolute Gasteiger partial charge is 0.264 e. The summed E-state index contributed by atoms with van der Waals surface area (Å²) in [4.78, 5) is 12.5. The number of nitrogens with zero attached hydrogens (tertiary/aromatic N) is 2. The van der Waals surface area contributed by atoms with E-state index in [1.54, 1.807) is 0 Å². The van der Waals surface area contributed by atoms with Gasteiger partial charge in [-0.25, -0.2) is 0 Å². The molecule has 1 aromatic heterocycles. The van der Waals surface area contributed by atoms with Gasteiger partial charge in [-0.1, -0.05) is 32.2 Å². The molecule has 0 radical (unpaired) electrons. The number of carbonyl (C=O) groups is 1. The van der Waals surface area contributed by atoms with Crippen LogP contribution in [0.5, 0.6) is 0 Å². The molecule has 0 fully saturated rings. The topological polar surface area (TPSA) is 75.1 Å². The molecule has 0 aromatic carbocycles. The first-order valence-electron chi connectivity index (χ1n) is 5.58. The molecule has 6 heteroatoms. The van der Waals surface area contributed by atoms with Crippen molar-refractivity contribution in [2.24, 2.45) is 5.92 Å². The second-order valence-electron chi connectivity index (χ2n) is 5.20. The van der Waals surface area contributed by atoms with Crippen molar-refractivity contribution in [2.75, 3.05) is 13.2 Å². The Morgan fingerprint density at radius 2 is 2.18 bits per heavy atom. The standard InChI is InChI=1S/C11H19N3O2S/c1-7(6-15)5-12-10(16)8-9(11(2,3)4)13-14-17-8/h7,15H,5-6H2,1-4H3,(H,12,16). The number of amides is 1. The summed E-state index contributed by atoms with van der Waals surface area (Å²) in [6.07, 6.45) is 0. The molecule has 1 atom stereocenters. The molecule has 0 aliphatic carbocycles. The van der Waals surface area contributed by atoms with E-state index >= 15 is 0 Å². The predicted molar refractivity (Wildman–Crippen MR) is 67.2 cm³/mol. The molecular formula is C11H19N3O2S. The quantitative estimate of drug-likeness (QED) is 0.849. The maximum absolute atomic E-state index is 11.9. The third-order valence-electron chi connectivity index (χ3n) is 2.33. The second kappa shape index (κ2) is 5.55. The van der Waals surface area contributed by atoms with Crippen LogP contribution in [0.15, 0.2) is 0 Å². The molecule has 1 amide bonds. The number of carbonyl (C=O) groups excluding carboxylic acids is 1. The largest absolute Gasteiger partial charge is 0.396 e. The van der Waals surface area contributed by atoms with Gasteiger partial charge in [0.1, 0.15) is 4.88 Å². The molecule has 0 aliphatic heterocycles. The number of hydrogen-bond acceptors (Lipinski definition) is 5. The van der Waals surface area contributed by atoms with Crippen molar-refractivity contribution in [1.29, 1.82) is 0 Å². The van der Waals surface area contributed by atoms with Crippen LogP contribution in [-0.4, -0.2) is 33.8 Å². The van der Waals surface area contributed by atoms with Crippen molar-refractivity contribution >= 4 is 17.4 Å². The third kappa shape index (κ3) is 3.74. The van der Waals surface area contributed by atoms with Gasteiger partial charge in [-0.2, -0.15) is 0 Å². The van der Waals surface area contributed by atoms with E-state index in [4.69, 9.17) is 5.11 Å². The normalized spacial score (nSPS) is 13.5. The third-order valence-corrected chi connectivity index (χ3v) is 3.05. The fourth-order valence-corrected chi connectivity index (χ4v) is 2.03. The van der Waals surface area contributed by atoms with Crippen LogP contribution < -0.4 is 5.32 Å². The Bertz CT molecular complexity index is 384. The fraction of sp³-hybridized carbons (Fsp3) is 0.727. The lowest BCUT2D eigenvalue weighted by atomic mass is 9.91. The summed E-state index contributed by atoms with van der Waals surface area (Å²) < 4.78 is 3.84. The maximum atomic E-state index is 11.9. The average molecular weight is 257 g/mol. The van der Waals surface area contributed by atoms with Gasteiger partial charge >= 0.3 is 0 Å². The number of aliphatic hydroxyl groups is 1. The molecule has 1 unspecified atom stereocenters. The highest BCUT2D eigenvalue weighted by Crippen LogP contribution is 2.25. The average Bonchev–Trinajstić information content (AvgIpc) is 2.73. The minimum Gasteiger partial charge on any atom is -0.396 e. The lowest BCUT2D eigenvalue weighted by Crippen LogP contribution is -2.30. The minimum absolute atomic E-state index is 0.0536. The van der Waals surface area contributed by atoms with E-state index in [0.717, 1.165) is 17.2 Å². The van der Waals surface area contributed by atoms with Crippen LogP contribution in [0.3, 0.4) is 0 Å².